The van der Waals surface area contributed by atoms with E-state index in [1.807, 2.05) is 55.5 Å². The number of amides is 1. The molecule has 8 heteroatoms. The van der Waals surface area contributed by atoms with Gasteiger partial charge in [0.2, 0.25) is 5.91 Å². The lowest BCUT2D eigenvalue weighted by Gasteiger charge is -2.34. The summed E-state index contributed by atoms with van der Waals surface area (Å²) in [5, 5.41) is 10.3. The number of carbonyl (C=O) groups excluding carboxylic acids is 1. The molecule has 3 aromatic rings. The number of hydrogen-bond acceptors (Lipinski definition) is 7. The summed E-state index contributed by atoms with van der Waals surface area (Å²) in [6.07, 6.45) is 1.06. The molecule has 2 N–H and O–H groups in total. The number of aryl methyl sites for hydroxylation is 1. The van der Waals surface area contributed by atoms with Crippen molar-refractivity contribution in [2.45, 2.75) is 13.1 Å². The minimum absolute atomic E-state index is 0.183. The minimum Gasteiger partial charge on any atom is -0.379 e. The van der Waals surface area contributed by atoms with Crippen molar-refractivity contribution in [1.29, 1.82) is 0 Å². The molecular weight excluding hydrogens is 394 g/mol. The van der Waals surface area contributed by atoms with Gasteiger partial charge in [0, 0.05) is 30.4 Å². The summed E-state index contributed by atoms with van der Waals surface area (Å²) in [7, 11) is 0. The number of benzene rings is 1. The topological polar surface area (TPSA) is 92.5 Å². The Kier molecular flexibility index (Phi) is 6.40. The number of hydrogen-bond donors (Lipinski definition) is 2. The van der Waals surface area contributed by atoms with E-state index in [1.54, 1.807) is 0 Å². The van der Waals surface area contributed by atoms with Crippen LogP contribution in [0.4, 0.5) is 11.5 Å². The van der Waals surface area contributed by atoms with E-state index < -0.39 is 0 Å². The normalized spacial score (nSPS) is 15.3. The number of morpholine rings is 1. The van der Waals surface area contributed by atoms with E-state index in [4.69, 9.17) is 14.2 Å². The average molecular weight is 419 g/mol. The molecule has 3 heterocycles. The Morgan fingerprint density at radius 1 is 1.19 bits per heavy atom. The molecule has 1 aliphatic heterocycles. The Morgan fingerprint density at radius 3 is 2.74 bits per heavy atom. The standard InChI is InChI=1S/C23H25N5O3/c1-3-22(29)24-18-7-4-6-17(15-18)19-8-5-9-20(25-19)23(28-10-12-30-13-11-28)26-21-14-16(2)31-27-21/h3-9,14-15,23H,1,10-13H2,2H3,(H,24,29)(H,26,27). The van der Waals surface area contributed by atoms with Gasteiger partial charge in [-0.25, -0.2) is 4.98 Å². The first kappa shape index (κ1) is 20.8. The van der Waals surface area contributed by atoms with E-state index in [0.717, 1.165) is 35.8 Å². The van der Waals surface area contributed by atoms with Crippen LogP contribution in [-0.2, 0) is 9.53 Å². The molecule has 1 amide bonds. The third kappa shape index (κ3) is 5.17. The zero-order valence-corrected chi connectivity index (χ0v) is 17.4. The van der Waals surface area contributed by atoms with Crippen molar-refractivity contribution in [1.82, 2.24) is 15.0 Å². The zero-order chi connectivity index (χ0) is 21.6. The van der Waals surface area contributed by atoms with Gasteiger partial charge in [0.15, 0.2) is 5.82 Å². The molecule has 0 spiro atoms. The summed E-state index contributed by atoms with van der Waals surface area (Å²) in [5.74, 6) is 1.15. The Balaban J connectivity index is 1.64. The largest absolute Gasteiger partial charge is 0.379 e. The minimum atomic E-state index is -0.252. The Labute approximate surface area is 180 Å². The number of nitrogens with zero attached hydrogens (tertiary/aromatic N) is 3. The van der Waals surface area contributed by atoms with Crippen molar-refractivity contribution < 1.29 is 14.1 Å². The van der Waals surface area contributed by atoms with Gasteiger partial charge in [0.25, 0.3) is 0 Å². The van der Waals surface area contributed by atoms with Crippen LogP contribution >= 0.6 is 0 Å². The molecule has 31 heavy (non-hydrogen) atoms. The summed E-state index contributed by atoms with van der Waals surface area (Å²) in [5.41, 5.74) is 3.27. The summed E-state index contributed by atoms with van der Waals surface area (Å²) in [6, 6.07) is 15.4. The quantitative estimate of drug-likeness (QED) is 0.565. The predicted octanol–water partition coefficient (Wildman–Crippen LogP) is 3.61. The van der Waals surface area contributed by atoms with E-state index >= 15 is 0 Å². The summed E-state index contributed by atoms with van der Waals surface area (Å²) < 4.78 is 10.7. The molecule has 0 radical (unpaired) electrons. The SMILES string of the molecule is C=CC(=O)Nc1cccc(-c2cccc(C(Nc3cc(C)on3)N3CCOCC3)n2)c1. The zero-order valence-electron chi connectivity index (χ0n) is 17.4. The number of ether oxygens (including phenoxy) is 1. The highest BCUT2D eigenvalue weighted by Gasteiger charge is 2.25. The molecule has 1 aliphatic rings. The monoisotopic (exact) mass is 419 g/mol. The first-order valence-corrected chi connectivity index (χ1v) is 10.1. The molecule has 0 saturated carbocycles. The second-order valence-electron chi connectivity index (χ2n) is 7.24. The first-order valence-electron chi connectivity index (χ1n) is 10.1. The smallest absolute Gasteiger partial charge is 0.247 e. The van der Waals surface area contributed by atoms with Crippen LogP contribution in [0.15, 0.2) is 65.7 Å². The molecule has 2 aromatic heterocycles. The first-order chi connectivity index (χ1) is 15.1. The van der Waals surface area contributed by atoms with Crippen molar-refractivity contribution in [2.75, 3.05) is 36.9 Å². The Morgan fingerprint density at radius 2 is 2.00 bits per heavy atom. The van der Waals surface area contributed by atoms with Crippen LogP contribution in [0.5, 0.6) is 0 Å². The van der Waals surface area contributed by atoms with Crippen LogP contribution in [0.25, 0.3) is 11.3 Å². The van der Waals surface area contributed by atoms with Gasteiger partial charge in [-0.15, -0.1) is 0 Å². The fourth-order valence-electron chi connectivity index (χ4n) is 3.48. The fourth-order valence-corrected chi connectivity index (χ4v) is 3.48. The molecular formula is C23H25N5O3. The molecule has 1 aromatic carbocycles. The molecule has 1 fully saturated rings. The van der Waals surface area contributed by atoms with Crippen LogP contribution < -0.4 is 10.6 Å². The average Bonchev–Trinajstić information content (AvgIpc) is 3.23. The second-order valence-corrected chi connectivity index (χ2v) is 7.24. The maximum Gasteiger partial charge on any atom is 0.247 e. The van der Waals surface area contributed by atoms with Crippen molar-refractivity contribution >= 4 is 17.4 Å². The highest BCUT2D eigenvalue weighted by atomic mass is 16.5. The fraction of sp³-hybridized carbons (Fsp3) is 0.261. The van der Waals surface area contributed by atoms with Crippen LogP contribution in [0.2, 0.25) is 0 Å². The van der Waals surface area contributed by atoms with Crippen LogP contribution in [0, 0.1) is 6.92 Å². The highest BCUT2D eigenvalue weighted by molar-refractivity contribution is 5.99. The van der Waals surface area contributed by atoms with Crippen LogP contribution in [-0.4, -0.2) is 47.3 Å². The third-order valence-electron chi connectivity index (χ3n) is 4.99. The lowest BCUT2D eigenvalue weighted by molar-refractivity contribution is -0.111. The van der Waals surface area contributed by atoms with Crippen LogP contribution in [0.1, 0.15) is 17.6 Å². The van der Waals surface area contributed by atoms with Gasteiger partial charge in [-0.05, 0) is 37.3 Å². The van der Waals surface area contributed by atoms with Crippen molar-refractivity contribution in [3.8, 4) is 11.3 Å². The Hall–Kier alpha value is -3.49. The van der Waals surface area contributed by atoms with Gasteiger partial charge in [0.05, 0.1) is 24.6 Å². The molecule has 1 unspecified atom stereocenters. The van der Waals surface area contributed by atoms with E-state index in [2.05, 4.69) is 27.3 Å². The van der Waals surface area contributed by atoms with E-state index in [1.165, 1.54) is 6.08 Å². The van der Waals surface area contributed by atoms with Crippen molar-refractivity contribution in [3.05, 3.63) is 72.6 Å². The summed E-state index contributed by atoms with van der Waals surface area (Å²) in [6.45, 7) is 8.25. The molecule has 160 valence electrons. The second kappa shape index (κ2) is 9.55. The van der Waals surface area contributed by atoms with E-state index in [-0.39, 0.29) is 12.1 Å². The van der Waals surface area contributed by atoms with Gasteiger partial charge < -0.3 is 19.9 Å². The van der Waals surface area contributed by atoms with E-state index in [0.29, 0.717) is 24.7 Å². The maximum absolute atomic E-state index is 11.6. The van der Waals surface area contributed by atoms with Crippen LogP contribution in [0.3, 0.4) is 0 Å². The molecule has 8 nitrogen and oxygen atoms in total. The molecule has 1 atom stereocenters. The lowest BCUT2D eigenvalue weighted by Crippen LogP contribution is -2.42. The molecule has 0 aliphatic carbocycles. The molecule has 0 bridgehead atoms. The lowest BCUT2D eigenvalue weighted by atomic mass is 10.1. The molecule has 4 rings (SSSR count). The number of nitrogens with one attached hydrogen (secondary N) is 2. The third-order valence-corrected chi connectivity index (χ3v) is 4.99. The van der Waals surface area contributed by atoms with Gasteiger partial charge in [-0.1, -0.05) is 29.9 Å². The summed E-state index contributed by atoms with van der Waals surface area (Å²) >= 11 is 0. The Bertz CT molecular complexity index is 1060. The highest BCUT2D eigenvalue weighted by Crippen LogP contribution is 2.27. The van der Waals surface area contributed by atoms with Gasteiger partial charge in [-0.2, -0.15) is 0 Å². The number of carbonyl (C=O) groups is 1. The summed E-state index contributed by atoms with van der Waals surface area (Å²) in [4.78, 5) is 18.8. The van der Waals surface area contributed by atoms with Gasteiger partial charge >= 0.3 is 0 Å². The van der Waals surface area contributed by atoms with Gasteiger partial charge in [-0.3, -0.25) is 9.69 Å². The van der Waals surface area contributed by atoms with Gasteiger partial charge in [0.1, 0.15) is 11.9 Å². The number of rotatable bonds is 7. The van der Waals surface area contributed by atoms with E-state index in [9.17, 15) is 4.79 Å². The maximum atomic E-state index is 11.6. The predicted molar refractivity (Wildman–Crippen MR) is 118 cm³/mol. The number of pyridine rings is 1. The van der Waals surface area contributed by atoms with Crippen molar-refractivity contribution in [3.63, 3.8) is 0 Å². The number of aromatic nitrogens is 2. The van der Waals surface area contributed by atoms with Crippen molar-refractivity contribution in [2.24, 2.45) is 0 Å². The number of anilines is 2. The molecule has 1 saturated heterocycles.